The monoisotopic (exact) mass is 413 g/mol. The fourth-order valence-electron chi connectivity index (χ4n) is 2.53. The van der Waals surface area contributed by atoms with Gasteiger partial charge in [-0.3, -0.25) is 9.59 Å². The van der Waals surface area contributed by atoms with Gasteiger partial charge < -0.3 is 19.5 Å². The molecule has 0 spiro atoms. The van der Waals surface area contributed by atoms with Crippen molar-refractivity contribution in [3.8, 4) is 17.2 Å². The van der Waals surface area contributed by atoms with Gasteiger partial charge in [-0.2, -0.15) is 5.10 Å². The van der Waals surface area contributed by atoms with Crippen molar-refractivity contribution in [2.24, 2.45) is 5.10 Å². The lowest BCUT2D eigenvalue weighted by Crippen LogP contribution is -2.20. The molecule has 0 saturated heterocycles. The van der Waals surface area contributed by atoms with E-state index in [0.717, 1.165) is 11.3 Å². The summed E-state index contributed by atoms with van der Waals surface area (Å²) in [5.41, 5.74) is 3.80. The van der Waals surface area contributed by atoms with Gasteiger partial charge in [0.2, 0.25) is 11.8 Å². The van der Waals surface area contributed by atoms with Gasteiger partial charge in [0, 0.05) is 18.5 Å². The van der Waals surface area contributed by atoms with E-state index in [1.807, 2.05) is 13.8 Å². The summed E-state index contributed by atoms with van der Waals surface area (Å²) in [4.78, 5) is 23.9. The van der Waals surface area contributed by atoms with Crippen LogP contribution in [0.1, 0.15) is 32.3 Å². The molecule has 0 saturated carbocycles. The Morgan fingerprint density at radius 1 is 0.933 bits per heavy atom. The van der Waals surface area contributed by atoms with Crippen LogP contribution in [0, 0.1) is 0 Å². The normalized spacial score (nSPS) is 10.5. The van der Waals surface area contributed by atoms with Crippen molar-refractivity contribution in [3.63, 3.8) is 0 Å². The van der Waals surface area contributed by atoms with Crippen molar-refractivity contribution in [2.75, 3.05) is 25.6 Å². The lowest BCUT2D eigenvalue weighted by molar-refractivity contribution is -0.124. The van der Waals surface area contributed by atoms with Crippen LogP contribution in [-0.2, 0) is 9.59 Å². The van der Waals surface area contributed by atoms with Gasteiger partial charge in [0.15, 0.2) is 11.5 Å². The number of benzene rings is 2. The van der Waals surface area contributed by atoms with Crippen LogP contribution >= 0.6 is 0 Å². The number of ether oxygens (including phenoxy) is 3. The Hall–Kier alpha value is -3.55. The lowest BCUT2D eigenvalue weighted by Gasteiger charge is -2.09. The van der Waals surface area contributed by atoms with Crippen molar-refractivity contribution in [1.29, 1.82) is 0 Å². The minimum absolute atomic E-state index is 0.0206. The number of carbonyl (C=O) groups excluding carboxylic acids is 2. The molecule has 30 heavy (non-hydrogen) atoms. The van der Waals surface area contributed by atoms with Gasteiger partial charge in [0.1, 0.15) is 5.75 Å². The second-order valence-electron chi connectivity index (χ2n) is 6.14. The van der Waals surface area contributed by atoms with Crippen molar-refractivity contribution in [2.45, 2.75) is 26.7 Å². The molecule has 2 aromatic carbocycles. The second-order valence-corrected chi connectivity index (χ2v) is 6.14. The highest BCUT2D eigenvalue weighted by molar-refractivity contribution is 5.93. The van der Waals surface area contributed by atoms with Gasteiger partial charge in [0.25, 0.3) is 0 Å². The minimum Gasteiger partial charge on any atom is -0.494 e. The molecule has 160 valence electrons. The largest absolute Gasteiger partial charge is 0.494 e. The maximum atomic E-state index is 12.0. The first kappa shape index (κ1) is 22.7. The van der Waals surface area contributed by atoms with Gasteiger partial charge in [-0.05, 0) is 61.9 Å². The van der Waals surface area contributed by atoms with Crippen molar-refractivity contribution >= 4 is 23.7 Å². The first-order valence-electron chi connectivity index (χ1n) is 9.71. The van der Waals surface area contributed by atoms with Crippen LogP contribution in [0.15, 0.2) is 47.6 Å². The van der Waals surface area contributed by atoms with E-state index in [2.05, 4.69) is 15.8 Å². The number of hydrazone groups is 1. The molecule has 0 heterocycles. The zero-order valence-corrected chi connectivity index (χ0v) is 17.4. The molecule has 0 unspecified atom stereocenters. The maximum absolute atomic E-state index is 12.0. The number of amides is 2. The Morgan fingerprint density at radius 2 is 1.63 bits per heavy atom. The molecule has 0 aliphatic heterocycles. The Labute approximate surface area is 176 Å². The molecule has 8 nitrogen and oxygen atoms in total. The van der Waals surface area contributed by atoms with Crippen LogP contribution < -0.4 is 25.0 Å². The molecule has 0 bridgehead atoms. The number of nitrogens with zero attached hydrogens (tertiary/aromatic N) is 1. The van der Waals surface area contributed by atoms with Crippen LogP contribution in [0.5, 0.6) is 17.2 Å². The van der Waals surface area contributed by atoms with Crippen LogP contribution in [0.4, 0.5) is 5.69 Å². The number of hydrogen-bond acceptors (Lipinski definition) is 6. The van der Waals surface area contributed by atoms with Crippen molar-refractivity contribution in [3.05, 3.63) is 48.0 Å². The SMILES string of the molecule is CCOc1ccc(NC(=O)CCC(=O)NN=Cc2ccc(OCC)c(OC)c2)cc1. The van der Waals surface area contributed by atoms with Crippen molar-refractivity contribution in [1.82, 2.24) is 5.43 Å². The summed E-state index contributed by atoms with van der Waals surface area (Å²) in [5.74, 6) is 1.34. The van der Waals surface area contributed by atoms with Crippen LogP contribution in [0.25, 0.3) is 0 Å². The maximum Gasteiger partial charge on any atom is 0.240 e. The molecular weight excluding hydrogens is 386 g/mol. The van der Waals surface area contributed by atoms with Crippen LogP contribution in [0.3, 0.4) is 0 Å². The molecule has 0 aliphatic carbocycles. The standard InChI is InChI=1S/C22H27N3O5/c1-4-29-18-9-7-17(8-10-18)24-21(26)12-13-22(27)25-23-15-16-6-11-19(30-5-2)20(14-16)28-3/h6-11,14-15H,4-5,12-13H2,1-3H3,(H,24,26)(H,25,27). The molecule has 0 radical (unpaired) electrons. The third kappa shape index (κ3) is 7.46. The molecule has 0 aliphatic rings. The van der Waals surface area contributed by atoms with Gasteiger partial charge in [-0.15, -0.1) is 0 Å². The highest BCUT2D eigenvalue weighted by Gasteiger charge is 2.07. The number of nitrogens with one attached hydrogen (secondary N) is 2. The second kappa shape index (κ2) is 12.1. The predicted octanol–water partition coefficient (Wildman–Crippen LogP) is 3.36. The summed E-state index contributed by atoms with van der Waals surface area (Å²) in [5, 5.41) is 6.65. The molecule has 0 fully saturated rings. The zero-order chi connectivity index (χ0) is 21.8. The zero-order valence-electron chi connectivity index (χ0n) is 17.4. The van der Waals surface area contributed by atoms with E-state index in [-0.39, 0.29) is 24.7 Å². The van der Waals surface area contributed by atoms with Crippen LogP contribution in [-0.4, -0.2) is 38.4 Å². The number of rotatable bonds is 11. The minimum atomic E-state index is -0.356. The number of hydrogen-bond donors (Lipinski definition) is 2. The van der Waals surface area contributed by atoms with E-state index in [0.29, 0.717) is 30.4 Å². The van der Waals surface area contributed by atoms with E-state index < -0.39 is 0 Å². The first-order valence-corrected chi connectivity index (χ1v) is 9.71. The molecule has 0 atom stereocenters. The van der Waals surface area contributed by atoms with E-state index in [1.54, 1.807) is 49.6 Å². The summed E-state index contributed by atoms with van der Waals surface area (Å²) >= 11 is 0. The molecule has 8 heteroatoms. The van der Waals surface area contributed by atoms with Crippen molar-refractivity contribution < 1.29 is 23.8 Å². The third-order valence-electron chi connectivity index (χ3n) is 3.92. The average molecular weight is 413 g/mol. The molecule has 2 rings (SSSR count). The van der Waals surface area contributed by atoms with Gasteiger partial charge >= 0.3 is 0 Å². The van der Waals surface area contributed by atoms with E-state index >= 15 is 0 Å². The number of methoxy groups -OCH3 is 1. The predicted molar refractivity (Wildman–Crippen MR) is 115 cm³/mol. The fourth-order valence-corrected chi connectivity index (χ4v) is 2.53. The fraction of sp³-hybridized carbons (Fsp3) is 0.318. The Bertz CT molecular complexity index is 866. The quantitative estimate of drug-likeness (QED) is 0.435. The summed E-state index contributed by atoms with van der Waals surface area (Å²) in [6, 6.07) is 12.4. The molecule has 2 aromatic rings. The average Bonchev–Trinajstić information content (AvgIpc) is 2.75. The third-order valence-corrected chi connectivity index (χ3v) is 3.92. The van der Waals surface area contributed by atoms with Gasteiger partial charge in [0.05, 0.1) is 26.5 Å². The van der Waals surface area contributed by atoms with Gasteiger partial charge in [-0.1, -0.05) is 0 Å². The smallest absolute Gasteiger partial charge is 0.240 e. The topological polar surface area (TPSA) is 98.2 Å². The summed E-state index contributed by atoms with van der Waals surface area (Å²) in [7, 11) is 1.55. The molecule has 2 amide bonds. The van der Waals surface area contributed by atoms with E-state index in [4.69, 9.17) is 14.2 Å². The number of anilines is 1. The number of carbonyl (C=O) groups is 2. The molecular formula is C22H27N3O5. The summed E-state index contributed by atoms with van der Waals surface area (Å²) in [6.07, 6.45) is 1.56. The Kier molecular flexibility index (Phi) is 9.18. The summed E-state index contributed by atoms with van der Waals surface area (Å²) < 4.78 is 16.1. The highest BCUT2D eigenvalue weighted by atomic mass is 16.5. The van der Waals surface area contributed by atoms with Gasteiger partial charge in [-0.25, -0.2) is 5.43 Å². The highest BCUT2D eigenvalue weighted by Crippen LogP contribution is 2.27. The lowest BCUT2D eigenvalue weighted by atomic mass is 10.2. The van der Waals surface area contributed by atoms with Crippen LogP contribution in [0.2, 0.25) is 0 Å². The van der Waals surface area contributed by atoms with E-state index in [9.17, 15) is 9.59 Å². The molecule has 2 N–H and O–H groups in total. The first-order chi connectivity index (χ1) is 14.5. The summed E-state index contributed by atoms with van der Waals surface area (Å²) in [6.45, 7) is 4.91. The molecule has 0 aromatic heterocycles. The van der Waals surface area contributed by atoms with E-state index in [1.165, 1.54) is 6.21 Å². The Balaban J connectivity index is 1.76. The Morgan fingerprint density at radius 3 is 2.30 bits per heavy atom.